The number of hydrogen-bond donors (Lipinski definition) is 1. The van der Waals surface area contributed by atoms with Gasteiger partial charge in [0.05, 0.1) is 13.2 Å². The van der Waals surface area contributed by atoms with Gasteiger partial charge >= 0.3 is 0 Å². The third-order valence-electron chi connectivity index (χ3n) is 5.53. The summed E-state index contributed by atoms with van der Waals surface area (Å²) >= 11 is 5.81. The largest absolute Gasteiger partial charge is 0.379 e. The number of ether oxygens (including phenoxy) is 1. The topological polar surface area (TPSA) is 27.7 Å². The summed E-state index contributed by atoms with van der Waals surface area (Å²) in [6, 6.07) is 19.3. The SMILES string of the molecule is CCCCc1ccc(NC(=S)N(CCCN2CCOCC2)Cc2ccccc2)cc1. The molecule has 4 nitrogen and oxygen atoms in total. The molecule has 0 atom stereocenters. The molecule has 1 aliphatic heterocycles. The van der Waals surface area contributed by atoms with Crippen LogP contribution in [0.2, 0.25) is 0 Å². The fourth-order valence-corrected chi connectivity index (χ4v) is 3.98. The van der Waals surface area contributed by atoms with E-state index in [1.54, 1.807) is 0 Å². The zero-order valence-corrected chi connectivity index (χ0v) is 19.0. The van der Waals surface area contributed by atoms with E-state index in [1.165, 1.54) is 24.0 Å². The van der Waals surface area contributed by atoms with Crippen LogP contribution in [0.1, 0.15) is 37.3 Å². The molecular formula is C25H35N3OS. The van der Waals surface area contributed by atoms with E-state index < -0.39 is 0 Å². The molecule has 0 unspecified atom stereocenters. The molecule has 1 saturated heterocycles. The minimum Gasteiger partial charge on any atom is -0.379 e. The highest BCUT2D eigenvalue weighted by molar-refractivity contribution is 7.80. The highest BCUT2D eigenvalue weighted by atomic mass is 32.1. The summed E-state index contributed by atoms with van der Waals surface area (Å²) in [6.07, 6.45) is 4.69. The molecule has 0 radical (unpaired) electrons. The minimum absolute atomic E-state index is 0.794. The molecule has 162 valence electrons. The van der Waals surface area contributed by atoms with Gasteiger partial charge in [0, 0.05) is 38.4 Å². The molecule has 2 aromatic rings. The average Bonchev–Trinajstić information content (AvgIpc) is 2.79. The Morgan fingerprint density at radius 3 is 2.43 bits per heavy atom. The van der Waals surface area contributed by atoms with Gasteiger partial charge in [-0.3, -0.25) is 4.90 Å². The molecule has 1 heterocycles. The van der Waals surface area contributed by atoms with E-state index in [-0.39, 0.29) is 0 Å². The van der Waals surface area contributed by atoms with Crippen LogP contribution in [0.25, 0.3) is 0 Å². The van der Waals surface area contributed by atoms with E-state index in [0.717, 1.165) is 69.6 Å². The molecule has 0 aromatic heterocycles. The van der Waals surface area contributed by atoms with Gasteiger partial charge in [-0.2, -0.15) is 0 Å². The molecule has 0 amide bonds. The summed E-state index contributed by atoms with van der Waals surface area (Å²) in [5.74, 6) is 0. The lowest BCUT2D eigenvalue weighted by Gasteiger charge is -2.29. The number of aryl methyl sites for hydroxylation is 1. The van der Waals surface area contributed by atoms with Gasteiger partial charge in [-0.05, 0) is 54.7 Å². The molecule has 30 heavy (non-hydrogen) atoms. The van der Waals surface area contributed by atoms with E-state index >= 15 is 0 Å². The Morgan fingerprint density at radius 2 is 1.73 bits per heavy atom. The molecule has 1 N–H and O–H groups in total. The first-order valence-corrected chi connectivity index (χ1v) is 11.6. The van der Waals surface area contributed by atoms with Crippen LogP contribution in [0.5, 0.6) is 0 Å². The van der Waals surface area contributed by atoms with Crippen molar-refractivity contribution in [2.24, 2.45) is 0 Å². The first-order chi connectivity index (χ1) is 14.7. The second kappa shape index (κ2) is 12.7. The third kappa shape index (κ3) is 7.71. The van der Waals surface area contributed by atoms with Crippen molar-refractivity contribution in [1.82, 2.24) is 9.80 Å². The summed E-state index contributed by atoms with van der Waals surface area (Å²) in [5.41, 5.74) is 3.73. The van der Waals surface area contributed by atoms with Crippen molar-refractivity contribution in [1.29, 1.82) is 0 Å². The summed E-state index contributed by atoms with van der Waals surface area (Å²) in [5, 5.41) is 4.25. The maximum Gasteiger partial charge on any atom is 0.173 e. The predicted octanol–water partition coefficient (Wildman–Crippen LogP) is 4.95. The Bertz CT molecular complexity index is 745. The molecule has 0 bridgehead atoms. The molecule has 1 aliphatic rings. The second-order valence-corrected chi connectivity index (χ2v) is 8.33. The number of hydrogen-bond acceptors (Lipinski definition) is 3. The predicted molar refractivity (Wildman–Crippen MR) is 130 cm³/mol. The summed E-state index contributed by atoms with van der Waals surface area (Å²) < 4.78 is 5.46. The van der Waals surface area contributed by atoms with Crippen molar-refractivity contribution in [2.45, 2.75) is 39.2 Å². The van der Waals surface area contributed by atoms with Crippen LogP contribution < -0.4 is 5.32 Å². The normalized spacial score (nSPS) is 14.4. The van der Waals surface area contributed by atoms with Gasteiger partial charge in [-0.25, -0.2) is 0 Å². The summed E-state index contributed by atoms with van der Waals surface area (Å²) in [6.45, 7) is 8.84. The van der Waals surface area contributed by atoms with Gasteiger partial charge in [0.2, 0.25) is 0 Å². The monoisotopic (exact) mass is 425 g/mol. The zero-order valence-electron chi connectivity index (χ0n) is 18.2. The molecule has 5 heteroatoms. The average molecular weight is 426 g/mol. The molecule has 0 spiro atoms. The van der Waals surface area contributed by atoms with Crippen molar-refractivity contribution >= 4 is 23.0 Å². The van der Waals surface area contributed by atoms with Gasteiger partial charge in [0.15, 0.2) is 5.11 Å². The maximum absolute atomic E-state index is 5.81. The Kier molecular flexibility index (Phi) is 9.61. The fraction of sp³-hybridized carbons (Fsp3) is 0.480. The van der Waals surface area contributed by atoms with Gasteiger partial charge < -0.3 is 15.0 Å². The van der Waals surface area contributed by atoms with E-state index in [1.807, 2.05) is 0 Å². The lowest BCUT2D eigenvalue weighted by molar-refractivity contribution is 0.0368. The number of nitrogens with one attached hydrogen (secondary N) is 1. The number of anilines is 1. The van der Waals surface area contributed by atoms with Crippen LogP contribution in [-0.4, -0.2) is 54.3 Å². The van der Waals surface area contributed by atoms with Crippen molar-refractivity contribution < 1.29 is 4.74 Å². The lowest BCUT2D eigenvalue weighted by Crippen LogP contribution is -2.40. The Morgan fingerprint density at radius 1 is 1.00 bits per heavy atom. The molecular weight excluding hydrogens is 390 g/mol. The summed E-state index contributed by atoms with van der Waals surface area (Å²) in [7, 11) is 0. The van der Waals surface area contributed by atoms with E-state index in [4.69, 9.17) is 17.0 Å². The van der Waals surface area contributed by atoms with Crippen LogP contribution in [0, 0.1) is 0 Å². The maximum atomic E-state index is 5.81. The molecule has 0 aliphatic carbocycles. The van der Waals surface area contributed by atoms with Gasteiger partial charge in [-0.15, -0.1) is 0 Å². The lowest BCUT2D eigenvalue weighted by atomic mass is 10.1. The van der Waals surface area contributed by atoms with Gasteiger partial charge in [0.1, 0.15) is 0 Å². The van der Waals surface area contributed by atoms with Crippen LogP contribution in [0.15, 0.2) is 54.6 Å². The number of benzene rings is 2. The smallest absolute Gasteiger partial charge is 0.173 e. The quantitative estimate of drug-likeness (QED) is 0.544. The standard InChI is InChI=1S/C25H35N3OS/c1-2-3-8-22-11-13-24(14-12-22)26-25(30)28(21-23-9-5-4-6-10-23)16-7-15-27-17-19-29-20-18-27/h4-6,9-14H,2-3,7-8,15-21H2,1H3,(H,26,30). The van der Waals surface area contributed by atoms with Crippen LogP contribution in [0.3, 0.4) is 0 Å². The Hall–Kier alpha value is -1.95. The van der Waals surface area contributed by atoms with Crippen molar-refractivity contribution in [2.75, 3.05) is 44.7 Å². The Labute approximate surface area is 187 Å². The van der Waals surface area contributed by atoms with E-state index in [2.05, 4.69) is 76.6 Å². The fourth-order valence-electron chi connectivity index (χ4n) is 3.70. The zero-order chi connectivity index (χ0) is 21.0. The number of rotatable bonds is 10. The van der Waals surface area contributed by atoms with Crippen LogP contribution in [-0.2, 0) is 17.7 Å². The van der Waals surface area contributed by atoms with Crippen LogP contribution in [0.4, 0.5) is 5.69 Å². The first-order valence-electron chi connectivity index (χ1n) is 11.2. The van der Waals surface area contributed by atoms with Crippen molar-refractivity contribution in [3.05, 3.63) is 65.7 Å². The van der Waals surface area contributed by atoms with E-state index in [9.17, 15) is 0 Å². The van der Waals surface area contributed by atoms with Crippen molar-refractivity contribution in [3.8, 4) is 0 Å². The molecule has 2 aromatic carbocycles. The third-order valence-corrected chi connectivity index (χ3v) is 5.89. The van der Waals surface area contributed by atoms with Crippen molar-refractivity contribution in [3.63, 3.8) is 0 Å². The number of nitrogens with zero attached hydrogens (tertiary/aromatic N) is 2. The first kappa shape index (κ1) is 22.7. The number of thiocarbonyl (C=S) groups is 1. The van der Waals surface area contributed by atoms with Gasteiger partial charge in [-0.1, -0.05) is 55.8 Å². The number of unbranched alkanes of at least 4 members (excludes halogenated alkanes) is 1. The van der Waals surface area contributed by atoms with Gasteiger partial charge in [0.25, 0.3) is 0 Å². The molecule has 1 fully saturated rings. The second-order valence-electron chi connectivity index (χ2n) is 7.95. The number of morpholine rings is 1. The van der Waals surface area contributed by atoms with Crippen LogP contribution >= 0.6 is 12.2 Å². The van der Waals surface area contributed by atoms with E-state index in [0.29, 0.717) is 0 Å². The highest BCUT2D eigenvalue weighted by Crippen LogP contribution is 2.14. The molecule has 3 rings (SSSR count). The minimum atomic E-state index is 0.794. The highest BCUT2D eigenvalue weighted by Gasteiger charge is 2.14. The summed E-state index contributed by atoms with van der Waals surface area (Å²) in [4.78, 5) is 4.77. The Balaban J connectivity index is 1.57. The molecule has 0 saturated carbocycles.